The minimum absolute atomic E-state index is 0.0601. The summed E-state index contributed by atoms with van der Waals surface area (Å²) in [6.45, 7) is -1.00. The number of hydrogen-bond acceptors (Lipinski definition) is 3. The molecule has 7 heteroatoms. The number of halogens is 2. The molecule has 0 aliphatic carbocycles. The molecule has 0 radical (unpaired) electrons. The van der Waals surface area contributed by atoms with E-state index in [2.05, 4.69) is 20.2 Å². The smallest absolute Gasteiger partial charge is 0.387 e. The van der Waals surface area contributed by atoms with E-state index in [1.165, 1.54) is 18.3 Å². The normalized spacial score (nSPS) is 11.4. The molecule has 0 aliphatic heterocycles. The second-order valence-corrected chi connectivity index (χ2v) is 5.32. The van der Waals surface area contributed by atoms with Gasteiger partial charge in [0.1, 0.15) is 11.4 Å². The Balaban J connectivity index is 1.67. The van der Waals surface area contributed by atoms with Gasteiger partial charge in [0.05, 0.1) is 6.21 Å². The fourth-order valence-corrected chi connectivity index (χ4v) is 2.47. The molecule has 2 N–H and O–H groups in total. The van der Waals surface area contributed by atoms with Crippen molar-refractivity contribution in [2.45, 2.75) is 13.5 Å². The van der Waals surface area contributed by atoms with Crippen molar-refractivity contribution in [3.8, 4) is 5.75 Å². The van der Waals surface area contributed by atoms with E-state index in [0.717, 1.165) is 16.5 Å². The van der Waals surface area contributed by atoms with E-state index in [0.29, 0.717) is 11.3 Å². The van der Waals surface area contributed by atoms with Gasteiger partial charge in [0.2, 0.25) is 0 Å². The van der Waals surface area contributed by atoms with Gasteiger partial charge in [-0.25, -0.2) is 5.43 Å². The number of carbonyl (C=O) groups is 1. The Labute approximate surface area is 142 Å². The molecule has 3 aromatic rings. The zero-order chi connectivity index (χ0) is 17.8. The van der Waals surface area contributed by atoms with Crippen molar-refractivity contribution in [3.05, 3.63) is 65.4 Å². The van der Waals surface area contributed by atoms with Crippen LogP contribution in [0.15, 0.2) is 53.6 Å². The summed E-state index contributed by atoms with van der Waals surface area (Å²) in [6.07, 6.45) is 1.42. The van der Waals surface area contributed by atoms with Crippen LogP contribution in [-0.2, 0) is 0 Å². The lowest BCUT2D eigenvalue weighted by Gasteiger charge is -2.03. The third-order valence-corrected chi connectivity index (χ3v) is 3.68. The molecule has 5 nitrogen and oxygen atoms in total. The zero-order valence-electron chi connectivity index (χ0n) is 13.3. The van der Waals surface area contributed by atoms with Crippen molar-refractivity contribution in [1.82, 2.24) is 10.4 Å². The third kappa shape index (κ3) is 3.82. The Hall–Kier alpha value is -3.22. The Morgan fingerprint density at radius 1 is 1.20 bits per heavy atom. The van der Waals surface area contributed by atoms with E-state index in [1.54, 1.807) is 12.1 Å². The summed E-state index contributed by atoms with van der Waals surface area (Å²) in [5, 5.41) is 4.86. The number of amides is 1. The molecule has 1 aromatic heterocycles. The summed E-state index contributed by atoms with van der Waals surface area (Å²) in [4.78, 5) is 15.3. The van der Waals surface area contributed by atoms with Crippen LogP contribution in [0.5, 0.6) is 5.75 Å². The Morgan fingerprint density at radius 2 is 1.92 bits per heavy atom. The molecule has 3 rings (SSSR count). The maximum absolute atomic E-state index is 12.2. The maximum atomic E-state index is 12.2. The van der Waals surface area contributed by atoms with Crippen LogP contribution in [0.4, 0.5) is 8.78 Å². The molecule has 0 saturated heterocycles. The fraction of sp³-hybridized carbons (Fsp3) is 0.111. The van der Waals surface area contributed by atoms with Crippen molar-refractivity contribution in [3.63, 3.8) is 0 Å². The molecule has 128 valence electrons. The quantitative estimate of drug-likeness (QED) is 0.546. The summed E-state index contributed by atoms with van der Waals surface area (Å²) < 4.78 is 28.4. The predicted octanol–water partition coefficient (Wildman–Crippen LogP) is 3.84. The Bertz CT molecular complexity index is 918. The second-order valence-electron chi connectivity index (χ2n) is 5.32. The molecule has 0 aliphatic rings. The molecule has 2 aromatic carbocycles. The van der Waals surface area contributed by atoms with Crippen LogP contribution in [0, 0.1) is 6.92 Å². The van der Waals surface area contributed by atoms with Gasteiger partial charge in [0.25, 0.3) is 5.91 Å². The summed E-state index contributed by atoms with van der Waals surface area (Å²) in [5.41, 5.74) is 5.24. The fourth-order valence-electron chi connectivity index (χ4n) is 2.47. The van der Waals surface area contributed by atoms with Gasteiger partial charge in [0, 0.05) is 10.9 Å². The number of carbonyl (C=O) groups excluding carboxylic acids is 1. The van der Waals surface area contributed by atoms with Gasteiger partial charge in [0.15, 0.2) is 0 Å². The molecule has 0 spiro atoms. The van der Waals surface area contributed by atoms with E-state index in [-0.39, 0.29) is 11.7 Å². The maximum Gasteiger partial charge on any atom is 0.387 e. The number of ether oxygens (including phenoxy) is 1. The molecule has 0 saturated carbocycles. The van der Waals surface area contributed by atoms with Gasteiger partial charge >= 0.3 is 6.61 Å². The number of aromatic nitrogens is 1. The SMILES string of the molecule is Cc1c(C(=O)N/N=C\c2ccc(OC(F)F)cc2)[nH]c2ccccc12. The number of fused-ring (bicyclic) bond motifs is 1. The summed E-state index contributed by atoms with van der Waals surface area (Å²) in [5.74, 6) is -0.299. The number of alkyl halides is 2. The number of para-hydroxylation sites is 1. The number of H-pyrrole nitrogens is 1. The minimum Gasteiger partial charge on any atom is -0.435 e. The van der Waals surface area contributed by atoms with E-state index < -0.39 is 6.61 Å². The van der Waals surface area contributed by atoms with E-state index in [9.17, 15) is 13.6 Å². The number of hydrazone groups is 1. The highest BCUT2D eigenvalue weighted by Crippen LogP contribution is 2.21. The van der Waals surface area contributed by atoms with Crippen molar-refractivity contribution >= 4 is 23.0 Å². The lowest BCUT2D eigenvalue weighted by molar-refractivity contribution is -0.0498. The van der Waals surface area contributed by atoms with E-state index >= 15 is 0 Å². The molecule has 0 fully saturated rings. The first-order valence-electron chi connectivity index (χ1n) is 7.50. The van der Waals surface area contributed by atoms with Gasteiger partial charge in [-0.1, -0.05) is 18.2 Å². The number of nitrogens with zero attached hydrogens (tertiary/aromatic N) is 1. The molecule has 25 heavy (non-hydrogen) atoms. The van der Waals surface area contributed by atoms with Gasteiger partial charge in [-0.05, 0) is 48.4 Å². The van der Waals surface area contributed by atoms with Gasteiger partial charge in [-0.15, -0.1) is 0 Å². The number of aromatic amines is 1. The molecule has 1 amide bonds. The van der Waals surface area contributed by atoms with Crippen LogP contribution < -0.4 is 10.2 Å². The van der Waals surface area contributed by atoms with E-state index in [1.807, 2.05) is 31.2 Å². The first kappa shape index (κ1) is 16.6. The number of nitrogens with one attached hydrogen (secondary N) is 2. The molecule has 0 atom stereocenters. The minimum atomic E-state index is -2.86. The second kappa shape index (κ2) is 7.12. The highest BCUT2D eigenvalue weighted by molar-refractivity contribution is 6.01. The lowest BCUT2D eigenvalue weighted by atomic mass is 10.1. The van der Waals surface area contributed by atoms with Crippen LogP contribution in [0.3, 0.4) is 0 Å². The predicted molar refractivity (Wildman–Crippen MR) is 91.2 cm³/mol. The summed E-state index contributed by atoms with van der Waals surface area (Å²) in [7, 11) is 0. The lowest BCUT2D eigenvalue weighted by Crippen LogP contribution is -2.18. The van der Waals surface area contributed by atoms with Crippen LogP contribution in [0.25, 0.3) is 10.9 Å². The third-order valence-electron chi connectivity index (χ3n) is 3.68. The van der Waals surface area contributed by atoms with Gasteiger partial charge < -0.3 is 9.72 Å². The topological polar surface area (TPSA) is 66.5 Å². The number of benzene rings is 2. The van der Waals surface area contributed by atoms with Gasteiger partial charge in [-0.3, -0.25) is 4.79 Å². The Kier molecular flexibility index (Phi) is 4.74. The van der Waals surface area contributed by atoms with Gasteiger partial charge in [-0.2, -0.15) is 13.9 Å². The van der Waals surface area contributed by atoms with E-state index in [4.69, 9.17) is 0 Å². The molecular formula is C18H15F2N3O2. The summed E-state index contributed by atoms with van der Waals surface area (Å²) >= 11 is 0. The first-order valence-corrected chi connectivity index (χ1v) is 7.50. The van der Waals surface area contributed by atoms with Crippen LogP contribution in [-0.4, -0.2) is 23.7 Å². The average molecular weight is 343 g/mol. The van der Waals surface area contributed by atoms with Crippen LogP contribution in [0.2, 0.25) is 0 Å². The molecule has 1 heterocycles. The number of aryl methyl sites for hydroxylation is 1. The van der Waals surface area contributed by atoms with Crippen LogP contribution in [0.1, 0.15) is 21.6 Å². The highest BCUT2D eigenvalue weighted by Gasteiger charge is 2.13. The van der Waals surface area contributed by atoms with Crippen LogP contribution >= 0.6 is 0 Å². The zero-order valence-corrected chi connectivity index (χ0v) is 13.3. The average Bonchev–Trinajstić information content (AvgIpc) is 2.93. The molecule has 0 bridgehead atoms. The standard InChI is InChI=1S/C18H15F2N3O2/c1-11-14-4-2-3-5-15(14)22-16(11)17(24)23-21-10-12-6-8-13(9-7-12)25-18(19)20/h2-10,18,22H,1H3,(H,23,24)/b21-10-. The number of rotatable bonds is 5. The molecular weight excluding hydrogens is 328 g/mol. The van der Waals surface area contributed by atoms with Crippen molar-refractivity contribution in [2.24, 2.45) is 5.10 Å². The van der Waals surface area contributed by atoms with Crippen molar-refractivity contribution < 1.29 is 18.3 Å². The summed E-state index contributed by atoms with van der Waals surface area (Å²) in [6, 6.07) is 13.5. The molecule has 0 unspecified atom stereocenters. The monoisotopic (exact) mass is 343 g/mol. The van der Waals surface area contributed by atoms with Crippen molar-refractivity contribution in [2.75, 3.05) is 0 Å². The Morgan fingerprint density at radius 3 is 2.60 bits per heavy atom. The first-order chi connectivity index (χ1) is 12.0. The largest absolute Gasteiger partial charge is 0.435 e. The highest BCUT2D eigenvalue weighted by atomic mass is 19.3. The number of hydrogen-bond donors (Lipinski definition) is 2. The van der Waals surface area contributed by atoms with Crippen molar-refractivity contribution in [1.29, 1.82) is 0 Å².